The summed E-state index contributed by atoms with van der Waals surface area (Å²) in [5.41, 5.74) is 0. The maximum atomic E-state index is 5.64. The summed E-state index contributed by atoms with van der Waals surface area (Å²) in [7, 11) is 0. The quantitative estimate of drug-likeness (QED) is 0.857. The van der Waals surface area contributed by atoms with E-state index in [2.05, 4.69) is 33.9 Å². The van der Waals surface area contributed by atoms with Crippen LogP contribution < -0.4 is 5.32 Å². The van der Waals surface area contributed by atoms with E-state index in [0.717, 1.165) is 19.4 Å². The fourth-order valence-electron chi connectivity index (χ4n) is 1.52. The molecule has 0 fully saturated rings. The van der Waals surface area contributed by atoms with Crippen molar-refractivity contribution < 1.29 is 4.42 Å². The van der Waals surface area contributed by atoms with Crippen LogP contribution in [0.5, 0.6) is 0 Å². The second-order valence-electron chi connectivity index (χ2n) is 3.97. The van der Waals surface area contributed by atoms with Gasteiger partial charge in [-0.3, -0.25) is 0 Å². The molecule has 0 aromatic carbocycles. The largest absolute Gasteiger partial charge is 0.423 e. The maximum Gasteiger partial charge on any atom is 0.233 e. The minimum Gasteiger partial charge on any atom is -0.423 e. The zero-order chi connectivity index (χ0) is 12.1. The summed E-state index contributed by atoms with van der Waals surface area (Å²) in [5, 5.41) is 13.5. The molecule has 0 saturated carbocycles. The highest BCUT2D eigenvalue weighted by atomic mass is 32.1. The van der Waals surface area contributed by atoms with Gasteiger partial charge in [0.2, 0.25) is 11.8 Å². The molecule has 0 spiro atoms. The molecular formula is C12H17N3OS. The van der Waals surface area contributed by atoms with Crippen LogP contribution in [0, 0.1) is 0 Å². The Labute approximate surface area is 105 Å². The molecule has 0 saturated heterocycles. The van der Waals surface area contributed by atoms with Gasteiger partial charge in [0, 0.05) is 4.88 Å². The Bertz CT molecular complexity index is 438. The van der Waals surface area contributed by atoms with Crippen molar-refractivity contribution in [1.82, 2.24) is 15.5 Å². The van der Waals surface area contributed by atoms with Crippen LogP contribution in [-0.4, -0.2) is 16.7 Å². The summed E-state index contributed by atoms with van der Waals surface area (Å²) in [6.45, 7) is 5.14. The average molecular weight is 251 g/mol. The smallest absolute Gasteiger partial charge is 0.233 e. The Morgan fingerprint density at radius 2 is 2.35 bits per heavy atom. The molecule has 2 rings (SSSR count). The summed E-state index contributed by atoms with van der Waals surface area (Å²) in [5.74, 6) is 1.36. The lowest BCUT2D eigenvalue weighted by atomic mass is 10.3. The van der Waals surface area contributed by atoms with E-state index in [4.69, 9.17) is 4.42 Å². The second-order valence-corrected chi connectivity index (χ2v) is 5.00. The summed E-state index contributed by atoms with van der Waals surface area (Å²) in [6.07, 6.45) is 1.83. The highest BCUT2D eigenvalue weighted by Gasteiger charge is 2.13. The molecular weight excluding hydrogens is 234 g/mol. The molecule has 5 heteroatoms. The van der Waals surface area contributed by atoms with Gasteiger partial charge in [0.15, 0.2) is 0 Å². The second kappa shape index (κ2) is 5.93. The molecule has 1 unspecified atom stereocenters. The first-order chi connectivity index (χ1) is 8.29. The molecule has 92 valence electrons. The summed E-state index contributed by atoms with van der Waals surface area (Å²) in [6, 6.07) is 4.23. The van der Waals surface area contributed by atoms with Gasteiger partial charge in [0.25, 0.3) is 0 Å². The fraction of sp³-hybridized carbons (Fsp3) is 0.500. The van der Waals surface area contributed by atoms with E-state index < -0.39 is 0 Å². The van der Waals surface area contributed by atoms with Gasteiger partial charge in [-0.1, -0.05) is 13.0 Å². The first-order valence-corrected chi connectivity index (χ1v) is 6.75. The Morgan fingerprint density at radius 1 is 1.47 bits per heavy atom. The van der Waals surface area contributed by atoms with E-state index in [1.54, 1.807) is 11.3 Å². The summed E-state index contributed by atoms with van der Waals surface area (Å²) in [4.78, 5) is 1.24. The molecule has 0 aliphatic heterocycles. The van der Waals surface area contributed by atoms with Crippen LogP contribution in [0.1, 0.15) is 43.0 Å². The summed E-state index contributed by atoms with van der Waals surface area (Å²) < 4.78 is 5.64. The SMILES string of the molecule is CCCNC(C)c1nnc(Cc2cccs2)o1. The van der Waals surface area contributed by atoms with Crippen LogP contribution in [0.4, 0.5) is 0 Å². The van der Waals surface area contributed by atoms with Crippen molar-refractivity contribution in [3.63, 3.8) is 0 Å². The lowest BCUT2D eigenvalue weighted by molar-refractivity contribution is 0.398. The molecule has 4 nitrogen and oxygen atoms in total. The third-order valence-corrected chi connectivity index (χ3v) is 3.34. The van der Waals surface area contributed by atoms with Crippen LogP contribution in [0.15, 0.2) is 21.9 Å². The zero-order valence-electron chi connectivity index (χ0n) is 10.1. The standard InChI is InChI=1S/C12H17N3OS/c1-3-6-13-9(2)12-15-14-11(16-12)8-10-5-4-7-17-10/h4-5,7,9,13H,3,6,8H2,1-2H3. The van der Waals surface area contributed by atoms with Crippen molar-refractivity contribution in [2.24, 2.45) is 0 Å². The molecule has 0 aliphatic rings. The third kappa shape index (κ3) is 3.38. The molecule has 0 aliphatic carbocycles. The number of aromatic nitrogens is 2. The number of nitrogens with zero attached hydrogens (tertiary/aromatic N) is 2. The molecule has 1 atom stereocenters. The van der Waals surface area contributed by atoms with Crippen LogP contribution in [0.3, 0.4) is 0 Å². The number of thiophene rings is 1. The highest BCUT2D eigenvalue weighted by Crippen LogP contribution is 2.16. The van der Waals surface area contributed by atoms with Crippen molar-refractivity contribution in [2.45, 2.75) is 32.7 Å². The first kappa shape index (κ1) is 12.3. The monoisotopic (exact) mass is 251 g/mol. The first-order valence-electron chi connectivity index (χ1n) is 5.87. The van der Waals surface area contributed by atoms with E-state index in [1.165, 1.54) is 4.88 Å². The van der Waals surface area contributed by atoms with E-state index in [1.807, 2.05) is 13.0 Å². The van der Waals surface area contributed by atoms with Gasteiger partial charge in [-0.2, -0.15) is 0 Å². The van der Waals surface area contributed by atoms with Crippen LogP contribution in [0.25, 0.3) is 0 Å². The molecule has 1 N–H and O–H groups in total. The minimum atomic E-state index is 0.125. The molecule has 0 bridgehead atoms. The van der Waals surface area contributed by atoms with E-state index >= 15 is 0 Å². The maximum absolute atomic E-state index is 5.64. The van der Waals surface area contributed by atoms with Crippen molar-refractivity contribution in [3.8, 4) is 0 Å². The van der Waals surface area contributed by atoms with Crippen molar-refractivity contribution >= 4 is 11.3 Å². The van der Waals surface area contributed by atoms with E-state index in [-0.39, 0.29) is 6.04 Å². The molecule has 0 radical (unpaired) electrons. The lowest BCUT2D eigenvalue weighted by Gasteiger charge is -2.07. The van der Waals surface area contributed by atoms with Gasteiger partial charge in [0.1, 0.15) is 0 Å². The van der Waals surface area contributed by atoms with Crippen LogP contribution >= 0.6 is 11.3 Å². The summed E-state index contributed by atoms with van der Waals surface area (Å²) >= 11 is 1.71. The van der Waals surface area contributed by atoms with E-state index in [9.17, 15) is 0 Å². The normalized spacial score (nSPS) is 12.8. The number of nitrogens with one attached hydrogen (secondary N) is 1. The average Bonchev–Trinajstić information content (AvgIpc) is 2.98. The number of rotatable bonds is 6. The third-order valence-electron chi connectivity index (χ3n) is 2.46. The predicted octanol–water partition coefficient (Wildman–Crippen LogP) is 2.78. The van der Waals surface area contributed by atoms with Gasteiger partial charge in [-0.25, -0.2) is 0 Å². The van der Waals surface area contributed by atoms with Crippen molar-refractivity contribution in [1.29, 1.82) is 0 Å². The molecule has 0 amide bonds. The van der Waals surface area contributed by atoms with Crippen molar-refractivity contribution in [2.75, 3.05) is 6.54 Å². The van der Waals surface area contributed by atoms with Gasteiger partial charge in [-0.05, 0) is 31.3 Å². The molecule has 2 aromatic rings. The van der Waals surface area contributed by atoms with Crippen LogP contribution in [0.2, 0.25) is 0 Å². The predicted molar refractivity (Wildman–Crippen MR) is 68.1 cm³/mol. The Kier molecular flexibility index (Phi) is 4.28. The number of hydrogen-bond donors (Lipinski definition) is 1. The van der Waals surface area contributed by atoms with Crippen molar-refractivity contribution in [3.05, 3.63) is 34.2 Å². The zero-order valence-corrected chi connectivity index (χ0v) is 11.0. The van der Waals surface area contributed by atoms with Gasteiger partial charge in [0.05, 0.1) is 12.5 Å². The minimum absolute atomic E-state index is 0.125. The lowest BCUT2D eigenvalue weighted by Crippen LogP contribution is -2.19. The topological polar surface area (TPSA) is 51.0 Å². The van der Waals surface area contributed by atoms with Crippen LogP contribution in [-0.2, 0) is 6.42 Å². The van der Waals surface area contributed by atoms with Gasteiger partial charge >= 0.3 is 0 Å². The molecule has 2 aromatic heterocycles. The Morgan fingerprint density at radius 3 is 3.06 bits per heavy atom. The molecule has 17 heavy (non-hydrogen) atoms. The highest BCUT2D eigenvalue weighted by molar-refractivity contribution is 7.09. The fourth-order valence-corrected chi connectivity index (χ4v) is 2.22. The van der Waals surface area contributed by atoms with E-state index in [0.29, 0.717) is 11.8 Å². The number of hydrogen-bond acceptors (Lipinski definition) is 5. The van der Waals surface area contributed by atoms with Gasteiger partial charge in [-0.15, -0.1) is 21.5 Å². The van der Waals surface area contributed by atoms with Gasteiger partial charge < -0.3 is 9.73 Å². The Hall–Kier alpha value is -1.20. The Balaban J connectivity index is 1.95. The molecule has 2 heterocycles.